The lowest BCUT2D eigenvalue weighted by molar-refractivity contribution is -0.132. The number of carbonyl (C=O) groups excluding carboxylic acids is 1. The summed E-state index contributed by atoms with van der Waals surface area (Å²) >= 11 is 0. The first kappa shape index (κ1) is 14.4. The average molecular weight is 290 g/mol. The lowest BCUT2D eigenvalue weighted by Crippen LogP contribution is -2.05. The van der Waals surface area contributed by atoms with Crippen LogP contribution in [-0.4, -0.2) is 5.97 Å². The summed E-state index contributed by atoms with van der Waals surface area (Å²) in [6, 6.07) is 17.8. The molecule has 104 valence electrons. The molecular formula is C15H15O4P. The van der Waals surface area contributed by atoms with Crippen molar-refractivity contribution in [1.82, 2.24) is 0 Å². The van der Waals surface area contributed by atoms with Gasteiger partial charge in [-0.05, 0) is 17.7 Å². The third-order valence-electron chi connectivity index (χ3n) is 2.47. The van der Waals surface area contributed by atoms with Crippen LogP contribution < -0.4 is 4.52 Å². The molecule has 5 heteroatoms. The van der Waals surface area contributed by atoms with Crippen LogP contribution in [0.5, 0.6) is 5.75 Å². The molecule has 0 aromatic heterocycles. The molecule has 1 unspecified atom stereocenters. The molecule has 2 aromatic carbocycles. The highest BCUT2D eigenvalue weighted by molar-refractivity contribution is 7.54. The van der Waals surface area contributed by atoms with E-state index in [4.69, 9.17) is 9.05 Å². The third-order valence-corrected chi connectivity index (χ3v) is 4.25. The van der Waals surface area contributed by atoms with E-state index in [1.165, 1.54) is 6.92 Å². The van der Waals surface area contributed by atoms with Gasteiger partial charge < -0.3 is 9.05 Å². The number of hydrogen-bond acceptors (Lipinski definition) is 4. The molecule has 0 aliphatic rings. The zero-order chi connectivity index (χ0) is 14.4. The Morgan fingerprint density at radius 1 is 1.00 bits per heavy atom. The van der Waals surface area contributed by atoms with Crippen molar-refractivity contribution in [2.45, 2.75) is 13.1 Å². The molecule has 0 saturated carbocycles. The van der Waals surface area contributed by atoms with Gasteiger partial charge >= 0.3 is 13.6 Å². The normalized spacial score (nSPS) is 13.2. The summed E-state index contributed by atoms with van der Waals surface area (Å²) in [6.45, 7) is 1.21. The van der Waals surface area contributed by atoms with Gasteiger partial charge in [-0.3, -0.25) is 4.79 Å². The minimum Gasteiger partial charge on any atom is -0.416 e. The maximum absolute atomic E-state index is 12.7. The van der Waals surface area contributed by atoms with E-state index in [1.54, 1.807) is 24.3 Å². The molecule has 1 atom stereocenters. The summed E-state index contributed by atoms with van der Waals surface area (Å²) in [5.74, 6) is -0.215. The van der Waals surface area contributed by atoms with Gasteiger partial charge in [0, 0.05) is 6.92 Å². The number of hydrogen-bond donors (Lipinski definition) is 0. The van der Waals surface area contributed by atoms with E-state index in [-0.39, 0.29) is 6.16 Å². The molecule has 0 N–H and O–H groups in total. The molecule has 0 spiro atoms. The summed E-state index contributed by atoms with van der Waals surface area (Å²) in [5.41, 5.74) is 0.785. The van der Waals surface area contributed by atoms with Gasteiger partial charge in [-0.2, -0.15) is 0 Å². The van der Waals surface area contributed by atoms with Crippen LogP contribution in [-0.2, 0) is 20.0 Å². The van der Waals surface area contributed by atoms with Crippen LogP contribution in [0.2, 0.25) is 0 Å². The minimum absolute atomic E-state index is 0.0440. The zero-order valence-electron chi connectivity index (χ0n) is 11.1. The topological polar surface area (TPSA) is 52.6 Å². The largest absolute Gasteiger partial charge is 0.437 e. The molecule has 0 radical (unpaired) electrons. The quantitative estimate of drug-likeness (QED) is 0.780. The fraction of sp³-hybridized carbons (Fsp3) is 0.133. The molecule has 0 aliphatic heterocycles. The van der Waals surface area contributed by atoms with E-state index in [1.807, 2.05) is 36.4 Å². The van der Waals surface area contributed by atoms with Crippen LogP contribution in [0.4, 0.5) is 0 Å². The summed E-state index contributed by atoms with van der Waals surface area (Å²) in [6.07, 6.45) is 0.0440. The zero-order valence-corrected chi connectivity index (χ0v) is 12.0. The van der Waals surface area contributed by atoms with Gasteiger partial charge in [0.15, 0.2) is 0 Å². The average Bonchev–Trinajstić information content (AvgIpc) is 2.39. The summed E-state index contributed by atoms with van der Waals surface area (Å²) in [5, 5.41) is 0. The van der Waals surface area contributed by atoms with Crippen LogP contribution in [0.3, 0.4) is 0 Å². The molecule has 2 rings (SSSR count). The van der Waals surface area contributed by atoms with Gasteiger partial charge in [0.05, 0.1) is 6.16 Å². The van der Waals surface area contributed by atoms with Gasteiger partial charge in [0.2, 0.25) is 0 Å². The first-order valence-electron chi connectivity index (χ1n) is 6.15. The standard InChI is InChI=1S/C15H15O4P/c1-13(16)18-20(17,12-14-8-4-2-5-9-14)19-15-10-6-3-7-11-15/h2-11H,12H2,1H3. The van der Waals surface area contributed by atoms with Crippen molar-refractivity contribution in [3.63, 3.8) is 0 Å². The number of rotatable bonds is 5. The van der Waals surface area contributed by atoms with E-state index < -0.39 is 13.6 Å². The Kier molecular flexibility index (Phi) is 4.59. The van der Waals surface area contributed by atoms with E-state index in [2.05, 4.69) is 0 Å². The van der Waals surface area contributed by atoms with Gasteiger partial charge in [-0.1, -0.05) is 48.5 Å². The molecule has 20 heavy (non-hydrogen) atoms. The Hall–Kier alpha value is -2.06. The summed E-state index contributed by atoms with van der Waals surface area (Å²) in [7, 11) is -3.57. The molecular weight excluding hydrogens is 275 g/mol. The highest BCUT2D eigenvalue weighted by Crippen LogP contribution is 2.51. The highest BCUT2D eigenvalue weighted by atomic mass is 31.2. The smallest absolute Gasteiger partial charge is 0.416 e. The van der Waals surface area contributed by atoms with Crippen molar-refractivity contribution >= 4 is 13.6 Å². The Labute approximate surface area is 117 Å². The van der Waals surface area contributed by atoms with Crippen LogP contribution in [0, 0.1) is 0 Å². The second kappa shape index (κ2) is 6.40. The Bertz CT molecular complexity index is 565. The number of benzene rings is 2. The van der Waals surface area contributed by atoms with Crippen LogP contribution in [0.15, 0.2) is 60.7 Å². The second-order valence-corrected chi connectivity index (χ2v) is 6.15. The monoisotopic (exact) mass is 290 g/mol. The minimum atomic E-state index is -3.57. The Morgan fingerprint density at radius 3 is 2.10 bits per heavy atom. The first-order valence-corrected chi connectivity index (χ1v) is 7.88. The number of carbonyl (C=O) groups is 1. The van der Waals surface area contributed by atoms with Gasteiger partial charge in [-0.15, -0.1) is 0 Å². The van der Waals surface area contributed by atoms with Crippen molar-refractivity contribution in [1.29, 1.82) is 0 Å². The molecule has 0 fully saturated rings. The highest BCUT2D eigenvalue weighted by Gasteiger charge is 2.29. The van der Waals surface area contributed by atoms with E-state index in [0.29, 0.717) is 5.75 Å². The number of para-hydroxylation sites is 1. The molecule has 0 amide bonds. The second-order valence-electron chi connectivity index (χ2n) is 4.24. The summed E-state index contributed by atoms with van der Waals surface area (Å²) < 4.78 is 23.1. The van der Waals surface area contributed by atoms with Crippen molar-refractivity contribution in [3.05, 3.63) is 66.2 Å². The van der Waals surface area contributed by atoms with Crippen LogP contribution in [0.1, 0.15) is 12.5 Å². The molecule has 0 aliphatic carbocycles. The molecule has 0 bridgehead atoms. The van der Waals surface area contributed by atoms with Crippen molar-refractivity contribution < 1.29 is 18.4 Å². The predicted octanol–water partition coefficient (Wildman–Crippen LogP) is 4.02. The fourth-order valence-corrected chi connectivity index (χ4v) is 3.39. The summed E-state index contributed by atoms with van der Waals surface area (Å²) in [4.78, 5) is 11.2. The first-order chi connectivity index (χ1) is 9.57. The van der Waals surface area contributed by atoms with Crippen molar-refractivity contribution in [2.24, 2.45) is 0 Å². The molecule has 4 nitrogen and oxygen atoms in total. The van der Waals surface area contributed by atoms with E-state index in [9.17, 15) is 9.36 Å². The Balaban J connectivity index is 2.21. The Morgan fingerprint density at radius 2 is 1.55 bits per heavy atom. The van der Waals surface area contributed by atoms with Gasteiger partial charge in [-0.25, -0.2) is 4.57 Å². The maximum Gasteiger partial charge on any atom is 0.437 e. The fourth-order valence-electron chi connectivity index (χ4n) is 1.73. The van der Waals surface area contributed by atoms with Gasteiger partial charge in [0.1, 0.15) is 5.75 Å². The van der Waals surface area contributed by atoms with E-state index in [0.717, 1.165) is 5.56 Å². The SMILES string of the molecule is CC(=O)OP(=O)(Cc1ccccc1)Oc1ccccc1. The lowest BCUT2D eigenvalue weighted by Gasteiger charge is -2.18. The van der Waals surface area contributed by atoms with Crippen LogP contribution in [0.25, 0.3) is 0 Å². The maximum atomic E-state index is 12.7. The predicted molar refractivity (Wildman–Crippen MR) is 76.6 cm³/mol. The third kappa shape index (κ3) is 4.25. The van der Waals surface area contributed by atoms with E-state index >= 15 is 0 Å². The van der Waals surface area contributed by atoms with Crippen LogP contribution >= 0.6 is 7.60 Å². The van der Waals surface area contributed by atoms with Crippen molar-refractivity contribution in [3.8, 4) is 5.75 Å². The molecule has 2 aromatic rings. The molecule has 0 saturated heterocycles. The van der Waals surface area contributed by atoms with Crippen molar-refractivity contribution in [2.75, 3.05) is 0 Å². The molecule has 0 heterocycles. The lowest BCUT2D eigenvalue weighted by atomic mass is 10.2. The van der Waals surface area contributed by atoms with Gasteiger partial charge in [0.25, 0.3) is 0 Å².